The molecule has 0 radical (unpaired) electrons. The van der Waals surface area contributed by atoms with Crippen molar-refractivity contribution in [2.75, 3.05) is 0 Å². The van der Waals surface area contributed by atoms with E-state index in [9.17, 15) is 5.11 Å². The van der Waals surface area contributed by atoms with Gasteiger partial charge in [0.1, 0.15) is 0 Å². The smallest absolute Gasteiger partial charge is 0.0640 e. The molecule has 2 heteroatoms. The van der Waals surface area contributed by atoms with E-state index in [4.69, 9.17) is 0 Å². The van der Waals surface area contributed by atoms with Gasteiger partial charge in [-0.15, -0.1) is 0 Å². The zero-order valence-electron chi connectivity index (χ0n) is 6.57. The van der Waals surface area contributed by atoms with E-state index in [1.54, 1.807) is 0 Å². The van der Waals surface area contributed by atoms with Crippen LogP contribution in [0, 0.1) is 0 Å². The maximum atomic E-state index is 9.44. The summed E-state index contributed by atoms with van der Waals surface area (Å²) in [5.41, 5.74) is -0.375. The zero-order chi connectivity index (χ0) is 6.62. The first kappa shape index (κ1) is 12.5. The molecule has 0 saturated heterocycles. The van der Waals surface area contributed by atoms with Gasteiger partial charge in [0.25, 0.3) is 0 Å². The molecule has 0 aromatic carbocycles. The van der Waals surface area contributed by atoms with Crippen molar-refractivity contribution in [3.63, 3.8) is 0 Å². The van der Waals surface area contributed by atoms with Crippen molar-refractivity contribution in [2.24, 2.45) is 0 Å². The molecule has 0 rings (SSSR count). The van der Waals surface area contributed by atoms with Crippen LogP contribution in [0.5, 0.6) is 0 Å². The van der Waals surface area contributed by atoms with Crippen LogP contribution in [0.25, 0.3) is 0 Å². The van der Waals surface area contributed by atoms with Crippen molar-refractivity contribution in [1.82, 2.24) is 0 Å². The summed E-state index contributed by atoms with van der Waals surface area (Å²) in [6.45, 7) is 6.06. The van der Waals surface area contributed by atoms with Crippen LogP contribution in [0.3, 0.4) is 0 Å². The average Bonchev–Trinajstić information content (AvgIpc) is 1.87. The minimum atomic E-state index is -0.375. The first-order chi connectivity index (χ1) is 3.68. The van der Waals surface area contributed by atoms with Gasteiger partial charge in [0, 0.05) is 25.8 Å². The molecule has 0 atom stereocenters. The van der Waals surface area contributed by atoms with E-state index in [1.165, 1.54) is 0 Å². The van der Waals surface area contributed by atoms with Gasteiger partial charge in [-0.3, -0.25) is 0 Å². The van der Waals surface area contributed by atoms with Crippen molar-refractivity contribution < 1.29 is 30.9 Å². The minimum absolute atomic E-state index is 0. The van der Waals surface area contributed by atoms with Crippen molar-refractivity contribution in [3.05, 3.63) is 0 Å². The van der Waals surface area contributed by atoms with Crippen LogP contribution in [-0.4, -0.2) is 10.7 Å². The van der Waals surface area contributed by atoms with Crippen LogP contribution < -0.4 is 0 Å². The fourth-order valence-electron chi connectivity index (χ4n) is 0.750. The van der Waals surface area contributed by atoms with Gasteiger partial charge in [0.05, 0.1) is 5.60 Å². The molecule has 0 saturated carbocycles. The van der Waals surface area contributed by atoms with Crippen LogP contribution in [-0.2, 0) is 25.8 Å². The van der Waals surface area contributed by atoms with Gasteiger partial charge >= 0.3 is 0 Å². The second-order valence-corrected chi connectivity index (χ2v) is 2.29. The summed E-state index contributed by atoms with van der Waals surface area (Å²) in [4.78, 5) is 0. The third-order valence-corrected chi connectivity index (χ3v) is 1.97. The van der Waals surface area contributed by atoms with Crippen molar-refractivity contribution in [1.29, 1.82) is 0 Å². The summed E-state index contributed by atoms with van der Waals surface area (Å²) in [5, 5.41) is 9.44. The molecule has 1 N–H and O–H groups in total. The second kappa shape index (κ2) is 5.60. The van der Waals surface area contributed by atoms with E-state index < -0.39 is 0 Å². The molecular formula is C7H16HfO. The SMILES string of the molecule is CCC(O)(CC)CC.[Hf]. The molecule has 1 nitrogen and oxygen atoms in total. The molecule has 0 aliphatic carbocycles. The van der Waals surface area contributed by atoms with E-state index in [-0.39, 0.29) is 31.4 Å². The maximum Gasteiger partial charge on any atom is 0.0640 e. The molecule has 0 fully saturated rings. The number of hydrogen-bond donors (Lipinski definition) is 1. The standard InChI is InChI=1S/C7H16O.Hf/c1-4-7(8,5-2)6-3;/h8H,4-6H2,1-3H3;. The summed E-state index contributed by atoms with van der Waals surface area (Å²) in [6, 6.07) is 0. The summed E-state index contributed by atoms with van der Waals surface area (Å²) in [5.74, 6) is 0. The molecule has 0 heterocycles. The normalized spacial score (nSPS) is 10.7. The molecule has 0 aliphatic rings. The minimum Gasteiger partial charge on any atom is -0.390 e. The molecule has 54 valence electrons. The molecule has 0 amide bonds. The van der Waals surface area contributed by atoms with Gasteiger partial charge in [-0.05, 0) is 19.3 Å². The fourth-order valence-corrected chi connectivity index (χ4v) is 0.750. The van der Waals surface area contributed by atoms with Crippen LogP contribution in [0.2, 0.25) is 0 Å². The molecule has 9 heavy (non-hydrogen) atoms. The quantitative estimate of drug-likeness (QED) is 0.789. The Hall–Kier alpha value is 0.830. The summed E-state index contributed by atoms with van der Waals surface area (Å²) in [7, 11) is 0. The Labute approximate surface area is 76.6 Å². The Morgan fingerprint density at radius 2 is 1.22 bits per heavy atom. The third kappa shape index (κ3) is 4.26. The van der Waals surface area contributed by atoms with E-state index in [0.29, 0.717) is 0 Å². The van der Waals surface area contributed by atoms with Gasteiger partial charge in [0.15, 0.2) is 0 Å². The van der Waals surface area contributed by atoms with Gasteiger partial charge in [-0.2, -0.15) is 0 Å². The van der Waals surface area contributed by atoms with Crippen LogP contribution in [0.1, 0.15) is 40.0 Å². The first-order valence-electron chi connectivity index (χ1n) is 3.41. The van der Waals surface area contributed by atoms with E-state index in [0.717, 1.165) is 19.3 Å². The van der Waals surface area contributed by atoms with Crippen LogP contribution >= 0.6 is 0 Å². The molecule has 0 aromatic heterocycles. The van der Waals surface area contributed by atoms with E-state index in [2.05, 4.69) is 0 Å². The second-order valence-electron chi connectivity index (χ2n) is 2.29. The van der Waals surface area contributed by atoms with E-state index >= 15 is 0 Å². The monoisotopic (exact) mass is 296 g/mol. The average molecular weight is 295 g/mol. The van der Waals surface area contributed by atoms with Crippen LogP contribution in [0.4, 0.5) is 0 Å². The summed E-state index contributed by atoms with van der Waals surface area (Å²) >= 11 is 0. The van der Waals surface area contributed by atoms with Gasteiger partial charge in [-0.25, -0.2) is 0 Å². The Morgan fingerprint density at radius 3 is 1.22 bits per heavy atom. The fraction of sp³-hybridized carbons (Fsp3) is 1.00. The third-order valence-electron chi connectivity index (χ3n) is 1.97. The number of hydrogen-bond acceptors (Lipinski definition) is 1. The number of aliphatic hydroxyl groups is 1. The zero-order valence-corrected chi connectivity index (χ0v) is 10.2. The summed E-state index contributed by atoms with van der Waals surface area (Å²) in [6.07, 6.45) is 2.62. The molecule has 0 unspecified atom stereocenters. The molecule has 0 aliphatic heterocycles. The van der Waals surface area contributed by atoms with Gasteiger partial charge < -0.3 is 5.11 Å². The Kier molecular flexibility index (Phi) is 7.78. The topological polar surface area (TPSA) is 20.2 Å². The Morgan fingerprint density at radius 1 is 1.00 bits per heavy atom. The summed E-state index contributed by atoms with van der Waals surface area (Å²) < 4.78 is 0. The maximum absolute atomic E-state index is 9.44. The largest absolute Gasteiger partial charge is 0.390 e. The molecule has 0 aromatic rings. The predicted octanol–water partition coefficient (Wildman–Crippen LogP) is 1.95. The van der Waals surface area contributed by atoms with Crippen molar-refractivity contribution in [3.8, 4) is 0 Å². The van der Waals surface area contributed by atoms with Crippen molar-refractivity contribution in [2.45, 2.75) is 45.6 Å². The van der Waals surface area contributed by atoms with Crippen LogP contribution in [0.15, 0.2) is 0 Å². The molecular weight excluding hydrogens is 279 g/mol. The van der Waals surface area contributed by atoms with Gasteiger partial charge in [-0.1, -0.05) is 20.8 Å². The molecule has 0 spiro atoms. The van der Waals surface area contributed by atoms with Gasteiger partial charge in [0.2, 0.25) is 0 Å². The first-order valence-corrected chi connectivity index (χ1v) is 3.41. The van der Waals surface area contributed by atoms with E-state index in [1.807, 2.05) is 20.8 Å². The Bertz CT molecular complexity index is 51.7. The predicted molar refractivity (Wildman–Crippen MR) is 35.8 cm³/mol. The molecule has 0 bridgehead atoms. The Balaban J connectivity index is 0. The number of rotatable bonds is 3. The van der Waals surface area contributed by atoms with Crippen molar-refractivity contribution >= 4 is 0 Å².